The van der Waals surface area contributed by atoms with Crippen molar-refractivity contribution in [2.75, 3.05) is 38.8 Å². The fraction of sp³-hybridized carbons (Fsp3) is 0.421. The van der Waals surface area contributed by atoms with Crippen molar-refractivity contribution in [1.29, 1.82) is 0 Å². The number of fused-ring (bicyclic) bond motifs is 5. The highest BCUT2D eigenvalue weighted by Crippen LogP contribution is 2.41. The zero-order valence-electron chi connectivity index (χ0n) is 29.1. The Hall–Kier alpha value is -4.38. The van der Waals surface area contributed by atoms with Gasteiger partial charge in [-0.15, -0.1) is 5.10 Å². The third-order valence-corrected chi connectivity index (χ3v) is 9.33. The number of aromatic nitrogens is 3. The van der Waals surface area contributed by atoms with Gasteiger partial charge in [-0.25, -0.2) is 4.68 Å². The first-order chi connectivity index (χ1) is 23.0. The van der Waals surface area contributed by atoms with Gasteiger partial charge in [-0.05, 0) is 84.0 Å². The monoisotopic (exact) mass is 651 g/mol. The predicted octanol–water partition coefficient (Wildman–Crippen LogP) is 5.42. The number of nitrogens with zero attached hydrogens (tertiary/aromatic N) is 4. The molecule has 0 unspecified atom stereocenters. The van der Waals surface area contributed by atoms with Crippen LogP contribution in [0.25, 0.3) is 22.5 Å². The number of hydrogen-bond donors (Lipinski definition) is 3. The second-order valence-corrected chi connectivity index (χ2v) is 13.7. The van der Waals surface area contributed by atoms with Gasteiger partial charge in [0.25, 0.3) is 5.91 Å². The van der Waals surface area contributed by atoms with E-state index in [0.717, 1.165) is 45.7 Å². The minimum Gasteiger partial charge on any atom is -0.380 e. The van der Waals surface area contributed by atoms with Gasteiger partial charge in [0.2, 0.25) is 5.91 Å². The van der Waals surface area contributed by atoms with Gasteiger partial charge in [0.15, 0.2) is 0 Å². The van der Waals surface area contributed by atoms with E-state index in [9.17, 15) is 9.59 Å². The summed E-state index contributed by atoms with van der Waals surface area (Å²) in [6.07, 6.45) is 2.01. The first-order valence-corrected chi connectivity index (χ1v) is 16.8. The molecule has 10 nitrogen and oxygen atoms in total. The first kappa shape index (κ1) is 34.9. The van der Waals surface area contributed by atoms with Crippen molar-refractivity contribution in [2.24, 2.45) is 0 Å². The van der Waals surface area contributed by atoms with Gasteiger partial charge in [-0.2, -0.15) is 0 Å². The lowest BCUT2D eigenvalue weighted by molar-refractivity contribution is -0.119. The van der Waals surface area contributed by atoms with Crippen molar-refractivity contribution in [3.8, 4) is 22.5 Å². The van der Waals surface area contributed by atoms with Gasteiger partial charge in [-0.1, -0.05) is 59.8 Å². The Kier molecular flexibility index (Phi) is 11.1. The molecule has 1 aliphatic rings. The number of para-hydroxylation sites is 1. The summed E-state index contributed by atoms with van der Waals surface area (Å²) < 4.78 is 7.63. The molecule has 5 rings (SSSR count). The van der Waals surface area contributed by atoms with E-state index in [0.29, 0.717) is 51.3 Å². The second-order valence-electron chi connectivity index (χ2n) is 13.7. The lowest BCUT2D eigenvalue weighted by Gasteiger charge is -2.30. The van der Waals surface area contributed by atoms with E-state index in [1.807, 2.05) is 84.3 Å². The number of amides is 2. The fourth-order valence-electron chi connectivity index (χ4n) is 5.70. The SMILES string of the molecule is CNC(C)(C)CCOCCNC(=O)c1cccc(Cn2nnc3c2-c2ccccc2CN(C(=O)CCC(C)(C)NC)c2ccccc2-3)c1. The molecule has 2 amide bonds. The maximum absolute atomic E-state index is 13.8. The number of hydrogen-bond acceptors (Lipinski definition) is 7. The van der Waals surface area contributed by atoms with Gasteiger partial charge < -0.3 is 25.6 Å². The van der Waals surface area contributed by atoms with Crippen molar-refractivity contribution in [1.82, 2.24) is 30.9 Å². The summed E-state index contributed by atoms with van der Waals surface area (Å²) >= 11 is 0. The zero-order chi connectivity index (χ0) is 34.3. The van der Waals surface area contributed by atoms with Crippen molar-refractivity contribution in [3.05, 3.63) is 89.5 Å². The Morgan fingerprint density at radius 1 is 0.854 bits per heavy atom. The third kappa shape index (κ3) is 8.36. The topological polar surface area (TPSA) is 113 Å². The fourth-order valence-corrected chi connectivity index (χ4v) is 5.70. The molecule has 0 fully saturated rings. The zero-order valence-corrected chi connectivity index (χ0v) is 29.1. The molecule has 2 heterocycles. The van der Waals surface area contributed by atoms with Crippen molar-refractivity contribution in [3.63, 3.8) is 0 Å². The van der Waals surface area contributed by atoms with Crippen LogP contribution in [0, 0.1) is 0 Å². The molecule has 0 aliphatic carbocycles. The molecule has 0 radical (unpaired) electrons. The van der Waals surface area contributed by atoms with Gasteiger partial charge in [0, 0.05) is 47.3 Å². The molecule has 10 heteroatoms. The Morgan fingerprint density at radius 2 is 1.56 bits per heavy atom. The number of carbonyl (C=O) groups is 2. The van der Waals surface area contributed by atoms with E-state index >= 15 is 0 Å². The standard InChI is InChI=1S/C38H49N7O3/c1-37(2,39-5)19-18-33(46)44-26-29-13-7-8-15-30(29)35-34(31-16-9-10-17-32(31)44)42-43-45(35)25-27-12-11-14-28(24-27)36(47)41-21-23-48-22-20-38(3,4)40-6/h7-17,24,39-40H,18-23,25-26H2,1-6H3,(H,41,47). The first-order valence-electron chi connectivity index (χ1n) is 16.8. The van der Waals surface area contributed by atoms with E-state index in [1.54, 1.807) is 0 Å². The van der Waals surface area contributed by atoms with Crippen LogP contribution in [0.4, 0.5) is 5.69 Å². The highest BCUT2D eigenvalue weighted by atomic mass is 16.5. The van der Waals surface area contributed by atoms with Crippen molar-refractivity contribution in [2.45, 2.75) is 71.1 Å². The second kappa shape index (κ2) is 15.2. The number of carbonyl (C=O) groups excluding carboxylic acids is 2. The summed E-state index contributed by atoms with van der Waals surface area (Å²) in [5, 5.41) is 18.9. The minimum atomic E-state index is -0.151. The van der Waals surface area contributed by atoms with Gasteiger partial charge in [0.1, 0.15) is 5.69 Å². The smallest absolute Gasteiger partial charge is 0.251 e. The Bertz CT molecular complexity index is 1730. The molecule has 0 saturated carbocycles. The van der Waals surface area contributed by atoms with E-state index in [2.05, 4.69) is 61.0 Å². The van der Waals surface area contributed by atoms with Gasteiger partial charge in [0.05, 0.1) is 31.1 Å². The maximum Gasteiger partial charge on any atom is 0.251 e. The quantitative estimate of drug-likeness (QED) is 0.156. The van der Waals surface area contributed by atoms with Crippen LogP contribution >= 0.6 is 0 Å². The van der Waals surface area contributed by atoms with Gasteiger partial charge in [-0.3, -0.25) is 9.59 Å². The van der Waals surface area contributed by atoms with Crippen LogP contribution in [0.15, 0.2) is 72.8 Å². The number of anilines is 1. The van der Waals surface area contributed by atoms with Crippen LogP contribution in [0.1, 0.15) is 68.4 Å². The normalized spacial score (nSPS) is 12.8. The van der Waals surface area contributed by atoms with Crippen LogP contribution in [-0.2, 0) is 22.6 Å². The minimum absolute atomic E-state index is 0.0138. The van der Waals surface area contributed by atoms with Crippen LogP contribution < -0.4 is 20.9 Å². The highest BCUT2D eigenvalue weighted by molar-refractivity contribution is 6.00. The van der Waals surface area contributed by atoms with Gasteiger partial charge >= 0.3 is 0 Å². The maximum atomic E-state index is 13.8. The van der Waals surface area contributed by atoms with E-state index in [1.165, 1.54) is 0 Å². The summed E-state index contributed by atoms with van der Waals surface area (Å²) in [6.45, 7) is 10.8. The molecule has 0 spiro atoms. The summed E-state index contributed by atoms with van der Waals surface area (Å²) in [7, 11) is 3.87. The molecular weight excluding hydrogens is 602 g/mol. The average molecular weight is 652 g/mol. The number of benzene rings is 3. The summed E-state index contributed by atoms with van der Waals surface area (Å²) in [5.41, 5.74) is 6.65. The molecule has 3 aromatic carbocycles. The van der Waals surface area contributed by atoms with Crippen molar-refractivity contribution >= 4 is 17.5 Å². The molecule has 48 heavy (non-hydrogen) atoms. The van der Waals surface area contributed by atoms with Crippen LogP contribution in [-0.4, -0.2) is 71.7 Å². The van der Waals surface area contributed by atoms with Crippen LogP contribution in [0.2, 0.25) is 0 Å². The molecule has 0 saturated heterocycles. The van der Waals surface area contributed by atoms with E-state index in [-0.39, 0.29) is 22.9 Å². The largest absolute Gasteiger partial charge is 0.380 e. The molecule has 4 aromatic rings. The molecule has 254 valence electrons. The molecule has 3 N–H and O–H groups in total. The van der Waals surface area contributed by atoms with Crippen molar-refractivity contribution < 1.29 is 14.3 Å². The molecule has 0 atom stereocenters. The number of nitrogens with one attached hydrogen (secondary N) is 3. The summed E-state index contributed by atoms with van der Waals surface area (Å²) in [5.74, 6) is -0.0807. The highest BCUT2D eigenvalue weighted by Gasteiger charge is 2.30. The lowest BCUT2D eigenvalue weighted by atomic mass is 9.94. The summed E-state index contributed by atoms with van der Waals surface area (Å²) in [6, 6.07) is 23.7. The van der Waals surface area contributed by atoms with E-state index in [4.69, 9.17) is 9.84 Å². The molecule has 1 aliphatic heterocycles. The Morgan fingerprint density at radius 3 is 2.33 bits per heavy atom. The van der Waals surface area contributed by atoms with Crippen LogP contribution in [0.5, 0.6) is 0 Å². The predicted molar refractivity (Wildman–Crippen MR) is 191 cm³/mol. The average Bonchev–Trinajstić information content (AvgIpc) is 3.49. The van der Waals surface area contributed by atoms with Crippen LogP contribution in [0.3, 0.4) is 0 Å². The number of ether oxygens (including phenoxy) is 1. The molecule has 0 bridgehead atoms. The van der Waals surface area contributed by atoms with E-state index < -0.39 is 0 Å². The summed E-state index contributed by atoms with van der Waals surface area (Å²) in [4.78, 5) is 28.7. The number of rotatable bonds is 14. The third-order valence-electron chi connectivity index (χ3n) is 9.33. The lowest BCUT2D eigenvalue weighted by Crippen LogP contribution is -2.39. The molecular formula is C38H49N7O3. The Balaban J connectivity index is 1.37. The Labute approximate surface area is 284 Å². The molecule has 1 aromatic heterocycles.